The van der Waals surface area contributed by atoms with Crippen molar-refractivity contribution in [3.63, 3.8) is 0 Å². The van der Waals surface area contributed by atoms with Crippen LogP contribution >= 0.6 is 0 Å². The van der Waals surface area contributed by atoms with Gasteiger partial charge in [-0.3, -0.25) is 0 Å². The van der Waals surface area contributed by atoms with E-state index in [2.05, 4.69) is 87.4 Å². The topological polar surface area (TPSA) is 0 Å². The van der Waals surface area contributed by atoms with Crippen molar-refractivity contribution in [2.45, 2.75) is 13.1 Å². The van der Waals surface area contributed by atoms with Gasteiger partial charge in [0.2, 0.25) is 0 Å². The average molecular weight is 408 g/mol. The summed E-state index contributed by atoms with van der Waals surface area (Å²) in [5, 5.41) is 0. The molecule has 0 saturated heterocycles. The molecule has 0 spiro atoms. The van der Waals surface area contributed by atoms with Crippen LogP contribution in [0.2, 0.25) is 13.1 Å². The Morgan fingerprint density at radius 3 is 1.38 bits per heavy atom. The minimum Gasteiger partial charge on any atom is -0.358 e. The minimum atomic E-state index is -1.68. The standard InChI is InChI=1S/C20H18Si.2CH3.Zr/c1-21(2,19-13-11-15-7-3-5-9-17(15)19)20-14-12-16-8-4-6-10-18(16)20;;;/h3-14H,1-2H3;2*1H3;/q;2*-1;+2. The van der Waals surface area contributed by atoms with Crippen molar-refractivity contribution in [2.24, 2.45) is 0 Å². The van der Waals surface area contributed by atoms with Gasteiger partial charge >= 0.3 is 26.2 Å². The van der Waals surface area contributed by atoms with Gasteiger partial charge in [-0.25, -0.2) is 0 Å². The number of fused-ring (bicyclic) bond motifs is 2. The fraction of sp³-hybridized carbons (Fsp3) is 0.0909. The molecule has 0 bridgehead atoms. The molecular formula is C22H24SiZr. The molecule has 2 heteroatoms. The number of rotatable bonds is 2. The van der Waals surface area contributed by atoms with Crippen LogP contribution in [0.25, 0.3) is 0 Å². The third-order valence-electron chi connectivity index (χ3n) is 4.71. The Hall–Kier alpha value is 0.0600. The second kappa shape index (κ2) is 8.63. The number of allylic oxidation sites excluding steroid dienone is 8. The Balaban J connectivity index is 0.000000960. The summed E-state index contributed by atoms with van der Waals surface area (Å²) in [6.07, 6.45) is 26.7. The monoisotopic (exact) mass is 406 g/mol. The summed E-state index contributed by atoms with van der Waals surface area (Å²) in [5.41, 5.74) is 3.10. The molecule has 0 aromatic heterocycles. The van der Waals surface area contributed by atoms with E-state index >= 15 is 0 Å². The Morgan fingerprint density at radius 1 is 0.583 bits per heavy atom. The summed E-state index contributed by atoms with van der Waals surface area (Å²) in [7, 11) is -1.68. The van der Waals surface area contributed by atoms with Gasteiger partial charge in [-0.05, 0) is 36.8 Å². The van der Waals surface area contributed by atoms with Crippen molar-refractivity contribution < 1.29 is 26.2 Å². The molecule has 4 aliphatic rings. The summed E-state index contributed by atoms with van der Waals surface area (Å²) in [6, 6.07) is 0. The van der Waals surface area contributed by atoms with Crippen LogP contribution in [-0.2, 0) is 26.2 Å². The second-order valence-electron chi connectivity index (χ2n) is 6.29. The van der Waals surface area contributed by atoms with Crippen molar-refractivity contribution in [1.82, 2.24) is 0 Å². The smallest absolute Gasteiger partial charge is 0.358 e. The minimum absolute atomic E-state index is 0. The van der Waals surface area contributed by atoms with Crippen LogP contribution in [0, 0.1) is 75.3 Å². The molecule has 24 heavy (non-hydrogen) atoms. The molecule has 0 unspecified atom stereocenters. The van der Waals surface area contributed by atoms with Gasteiger partial charge in [0.1, 0.15) is 0 Å². The first kappa shape index (κ1) is 22.1. The molecule has 4 aliphatic carbocycles. The van der Waals surface area contributed by atoms with E-state index in [4.69, 9.17) is 0 Å². The van der Waals surface area contributed by atoms with Crippen LogP contribution in [0.5, 0.6) is 0 Å². The molecule has 2 saturated carbocycles. The van der Waals surface area contributed by atoms with E-state index in [1.807, 2.05) is 0 Å². The van der Waals surface area contributed by atoms with Gasteiger partial charge in [0.05, 0.1) is 8.07 Å². The average Bonchev–Trinajstić information content (AvgIpc) is 3.12. The molecule has 0 aromatic rings. The number of hydrogen-bond acceptors (Lipinski definition) is 0. The zero-order valence-electron chi connectivity index (χ0n) is 14.9. The predicted molar refractivity (Wildman–Crippen MR) is 104 cm³/mol. The zero-order chi connectivity index (χ0) is 14.4. The maximum absolute atomic E-state index is 2.47. The molecular weight excluding hydrogens is 384 g/mol. The SMILES string of the molecule is C[Si](C)([C]1[CH][CH][C]2C=CC=C[C]21)[C]1[CH][CH][C]2C=CC=C[C]21.[CH3-].[CH3-].[Zr+2]. The van der Waals surface area contributed by atoms with Gasteiger partial charge in [0, 0.05) is 23.7 Å². The fourth-order valence-corrected chi connectivity index (χ4v) is 6.63. The van der Waals surface area contributed by atoms with E-state index in [1.54, 1.807) is 11.1 Å². The first-order valence-corrected chi connectivity index (χ1v) is 10.5. The van der Waals surface area contributed by atoms with Gasteiger partial charge in [-0.1, -0.05) is 61.7 Å². The van der Waals surface area contributed by atoms with E-state index in [0.29, 0.717) is 0 Å². The Bertz CT molecular complexity index is 482. The summed E-state index contributed by atoms with van der Waals surface area (Å²) < 4.78 is 0. The summed E-state index contributed by atoms with van der Waals surface area (Å²) in [6.45, 7) is 4.94. The van der Waals surface area contributed by atoms with E-state index in [1.165, 1.54) is 23.7 Å². The second-order valence-corrected chi connectivity index (χ2v) is 10.6. The van der Waals surface area contributed by atoms with Gasteiger partial charge in [-0.2, -0.15) is 0 Å². The Labute approximate surface area is 170 Å². The van der Waals surface area contributed by atoms with Crippen LogP contribution in [0.15, 0.2) is 48.6 Å². The van der Waals surface area contributed by atoms with E-state index < -0.39 is 8.07 Å². The molecule has 2 fully saturated rings. The largest absolute Gasteiger partial charge is 2.00 e. The van der Waals surface area contributed by atoms with Crippen molar-refractivity contribution in [3.05, 3.63) is 124 Å². The quantitative estimate of drug-likeness (QED) is 0.435. The van der Waals surface area contributed by atoms with Crippen molar-refractivity contribution in [2.75, 3.05) is 0 Å². The van der Waals surface area contributed by atoms with Crippen LogP contribution in [0.4, 0.5) is 0 Å². The maximum Gasteiger partial charge on any atom is 2.00 e. The van der Waals surface area contributed by atoms with Gasteiger partial charge in [0.25, 0.3) is 0 Å². The molecule has 120 valence electrons. The first-order chi connectivity index (χ1) is 10.2. The molecule has 0 amide bonds. The summed E-state index contributed by atoms with van der Waals surface area (Å²) >= 11 is 0. The predicted octanol–water partition coefficient (Wildman–Crippen LogP) is 5.21. The van der Waals surface area contributed by atoms with Crippen LogP contribution in [-0.4, -0.2) is 8.07 Å². The van der Waals surface area contributed by atoms with Gasteiger partial charge in [0.15, 0.2) is 0 Å². The van der Waals surface area contributed by atoms with Crippen molar-refractivity contribution in [3.8, 4) is 0 Å². The number of hydrogen-bond donors (Lipinski definition) is 0. The Morgan fingerprint density at radius 2 is 0.958 bits per heavy atom. The van der Waals surface area contributed by atoms with Gasteiger partial charge < -0.3 is 14.9 Å². The maximum atomic E-state index is 2.47. The van der Waals surface area contributed by atoms with Crippen molar-refractivity contribution in [1.29, 1.82) is 0 Å². The normalized spacial score (nSPS) is 25.1. The van der Waals surface area contributed by atoms with Crippen LogP contribution in [0.3, 0.4) is 0 Å². The molecule has 10 radical (unpaired) electrons. The third kappa shape index (κ3) is 3.61. The van der Waals surface area contributed by atoms with E-state index in [0.717, 1.165) is 0 Å². The van der Waals surface area contributed by atoms with Crippen molar-refractivity contribution >= 4 is 8.07 Å². The third-order valence-corrected chi connectivity index (χ3v) is 8.27. The Kier molecular flexibility index (Phi) is 7.95. The molecule has 0 aromatic carbocycles. The van der Waals surface area contributed by atoms with Crippen LogP contribution in [0.1, 0.15) is 0 Å². The molecule has 0 aliphatic heterocycles. The van der Waals surface area contributed by atoms with E-state index in [-0.39, 0.29) is 41.1 Å². The molecule has 0 heterocycles. The van der Waals surface area contributed by atoms with Crippen LogP contribution < -0.4 is 0 Å². The molecule has 0 atom stereocenters. The zero-order valence-corrected chi connectivity index (χ0v) is 18.4. The molecule has 0 nitrogen and oxygen atoms in total. The molecule has 4 rings (SSSR count). The van der Waals surface area contributed by atoms with Gasteiger partial charge in [-0.15, -0.1) is 0 Å². The first-order valence-electron chi connectivity index (χ1n) is 7.48. The van der Waals surface area contributed by atoms with E-state index in [9.17, 15) is 0 Å². The summed E-state index contributed by atoms with van der Waals surface area (Å²) in [5.74, 6) is 5.59. The summed E-state index contributed by atoms with van der Waals surface area (Å²) in [4.78, 5) is 0. The molecule has 0 N–H and O–H groups in total. The fourth-order valence-electron chi connectivity index (χ4n) is 3.54.